The maximum atomic E-state index is 12.1. The van der Waals surface area contributed by atoms with E-state index in [9.17, 15) is 9.59 Å². The van der Waals surface area contributed by atoms with Crippen LogP contribution in [0.25, 0.3) is 0 Å². The molecule has 0 aliphatic heterocycles. The first-order chi connectivity index (χ1) is 12.9. The summed E-state index contributed by atoms with van der Waals surface area (Å²) >= 11 is 3.92. The molecule has 10 heteroatoms. The largest absolute Gasteiger partial charge is 0.366 e. The van der Waals surface area contributed by atoms with Crippen LogP contribution in [0.2, 0.25) is 0 Å². The molecule has 0 saturated heterocycles. The quantitative estimate of drug-likeness (QED) is 0.503. The molecule has 140 valence electrons. The van der Waals surface area contributed by atoms with Gasteiger partial charge in [0.25, 0.3) is 5.91 Å². The number of carbonyl (C=O) groups excluding carboxylic acids is 2. The molecular formula is C17H17N5O2S3. The summed E-state index contributed by atoms with van der Waals surface area (Å²) in [5.41, 5.74) is 8.92. The van der Waals surface area contributed by atoms with Crippen LogP contribution in [0.4, 0.5) is 15.8 Å². The van der Waals surface area contributed by atoms with Crippen LogP contribution in [-0.2, 0) is 4.79 Å². The first-order valence-corrected chi connectivity index (χ1v) is 10.6. The highest BCUT2D eigenvalue weighted by atomic mass is 32.2. The van der Waals surface area contributed by atoms with E-state index < -0.39 is 5.91 Å². The molecule has 1 aromatic carbocycles. The predicted molar refractivity (Wildman–Crippen MR) is 111 cm³/mol. The Morgan fingerprint density at radius 3 is 2.81 bits per heavy atom. The minimum Gasteiger partial charge on any atom is -0.366 e. The summed E-state index contributed by atoms with van der Waals surface area (Å²) in [7, 11) is 0. The molecule has 4 N–H and O–H groups in total. The molecule has 0 fully saturated rings. The number of hydrogen-bond donors (Lipinski definition) is 3. The van der Waals surface area contributed by atoms with Crippen LogP contribution in [0.15, 0.2) is 34.0 Å². The average Bonchev–Trinajstić information content (AvgIpc) is 3.26. The van der Waals surface area contributed by atoms with Crippen LogP contribution in [0.5, 0.6) is 0 Å². The molecule has 0 bridgehead atoms. The highest BCUT2D eigenvalue weighted by molar-refractivity contribution is 8.01. The monoisotopic (exact) mass is 419 g/mol. The van der Waals surface area contributed by atoms with E-state index in [1.54, 1.807) is 11.4 Å². The van der Waals surface area contributed by atoms with Crippen LogP contribution in [-0.4, -0.2) is 27.8 Å². The number of hydrogen-bond acceptors (Lipinski definition) is 8. The second-order valence-corrected chi connectivity index (χ2v) is 8.73. The standard InChI is InChI=1S/C17H17N5O2S3/c1-9-4-3-5-12(10(9)2)19-16-21-22-17(27-16)26-8-13(23)20-15-11(14(18)24)6-7-25-15/h3-7H,8H2,1-2H3,(H2,18,24)(H,19,21)(H,20,23). The molecule has 0 spiro atoms. The number of nitrogens with one attached hydrogen (secondary N) is 2. The van der Waals surface area contributed by atoms with Crippen LogP contribution >= 0.6 is 34.4 Å². The molecule has 0 unspecified atom stereocenters. The number of thioether (sulfide) groups is 1. The second kappa shape index (κ2) is 8.51. The van der Waals surface area contributed by atoms with Gasteiger partial charge >= 0.3 is 0 Å². The minimum atomic E-state index is -0.564. The van der Waals surface area contributed by atoms with Crippen molar-refractivity contribution >= 4 is 62.1 Å². The van der Waals surface area contributed by atoms with Gasteiger partial charge in [-0.3, -0.25) is 9.59 Å². The number of anilines is 3. The molecule has 0 aliphatic carbocycles. The van der Waals surface area contributed by atoms with Crippen molar-refractivity contribution < 1.29 is 9.59 Å². The molecule has 2 heterocycles. The Hall–Kier alpha value is -2.43. The predicted octanol–water partition coefficient (Wildman–Crippen LogP) is 3.79. The number of rotatable bonds is 7. The summed E-state index contributed by atoms with van der Waals surface area (Å²) in [6, 6.07) is 7.61. The Balaban J connectivity index is 1.56. The van der Waals surface area contributed by atoms with Crippen molar-refractivity contribution in [3.05, 3.63) is 46.3 Å². The lowest BCUT2D eigenvalue weighted by Crippen LogP contribution is -2.17. The number of benzene rings is 1. The van der Waals surface area contributed by atoms with E-state index in [2.05, 4.69) is 33.8 Å². The van der Waals surface area contributed by atoms with Crippen LogP contribution in [0.3, 0.4) is 0 Å². The molecule has 0 atom stereocenters. The zero-order chi connectivity index (χ0) is 19.4. The van der Waals surface area contributed by atoms with Gasteiger partial charge in [-0.1, -0.05) is 35.2 Å². The van der Waals surface area contributed by atoms with Gasteiger partial charge in [0.1, 0.15) is 5.00 Å². The Bertz CT molecular complexity index is 983. The lowest BCUT2D eigenvalue weighted by atomic mass is 10.1. The highest BCUT2D eigenvalue weighted by Crippen LogP contribution is 2.30. The van der Waals surface area contributed by atoms with Crippen LogP contribution < -0.4 is 16.4 Å². The van der Waals surface area contributed by atoms with Gasteiger partial charge in [0, 0.05) is 5.69 Å². The number of amides is 2. The van der Waals surface area contributed by atoms with Gasteiger partial charge in [-0.05, 0) is 42.5 Å². The first kappa shape index (κ1) is 19.3. The molecule has 27 heavy (non-hydrogen) atoms. The van der Waals surface area contributed by atoms with Gasteiger partial charge in [0.15, 0.2) is 4.34 Å². The summed E-state index contributed by atoms with van der Waals surface area (Å²) in [4.78, 5) is 23.4. The normalized spacial score (nSPS) is 10.6. The van der Waals surface area contributed by atoms with Crippen molar-refractivity contribution in [1.29, 1.82) is 0 Å². The molecule has 3 aromatic rings. The number of aryl methyl sites for hydroxylation is 1. The Kier molecular flexibility index (Phi) is 6.09. The van der Waals surface area contributed by atoms with E-state index in [-0.39, 0.29) is 11.7 Å². The Morgan fingerprint density at radius 2 is 2.04 bits per heavy atom. The van der Waals surface area contributed by atoms with E-state index in [1.165, 1.54) is 40.0 Å². The molecule has 7 nitrogen and oxygen atoms in total. The fourth-order valence-corrected chi connectivity index (χ4v) is 4.58. The number of carbonyl (C=O) groups is 2. The van der Waals surface area contributed by atoms with Gasteiger partial charge in [-0.15, -0.1) is 21.5 Å². The van der Waals surface area contributed by atoms with E-state index in [1.807, 2.05) is 19.1 Å². The number of thiophene rings is 1. The molecule has 0 radical (unpaired) electrons. The van der Waals surface area contributed by atoms with Gasteiger partial charge in [0.2, 0.25) is 11.0 Å². The van der Waals surface area contributed by atoms with Gasteiger partial charge in [-0.25, -0.2) is 0 Å². The SMILES string of the molecule is Cc1cccc(Nc2nnc(SCC(=O)Nc3sccc3C(N)=O)s2)c1C. The number of aromatic nitrogens is 2. The Morgan fingerprint density at radius 1 is 1.22 bits per heavy atom. The van der Waals surface area contributed by atoms with E-state index >= 15 is 0 Å². The maximum Gasteiger partial charge on any atom is 0.251 e. The van der Waals surface area contributed by atoms with Crippen molar-refractivity contribution in [1.82, 2.24) is 10.2 Å². The van der Waals surface area contributed by atoms with E-state index in [0.717, 1.165) is 11.3 Å². The third kappa shape index (κ3) is 4.85. The summed E-state index contributed by atoms with van der Waals surface area (Å²) in [6.07, 6.45) is 0. The van der Waals surface area contributed by atoms with Crippen molar-refractivity contribution in [2.45, 2.75) is 18.2 Å². The summed E-state index contributed by atoms with van der Waals surface area (Å²) < 4.78 is 0.680. The van der Waals surface area contributed by atoms with Crippen molar-refractivity contribution in [3.63, 3.8) is 0 Å². The zero-order valence-electron chi connectivity index (χ0n) is 14.6. The Labute approximate surface area is 168 Å². The number of nitrogens with zero attached hydrogens (tertiary/aromatic N) is 2. The second-order valence-electron chi connectivity index (χ2n) is 5.61. The lowest BCUT2D eigenvalue weighted by Gasteiger charge is -2.08. The third-order valence-electron chi connectivity index (χ3n) is 3.76. The molecular weight excluding hydrogens is 402 g/mol. The van der Waals surface area contributed by atoms with Crippen molar-refractivity contribution in [2.75, 3.05) is 16.4 Å². The summed E-state index contributed by atoms with van der Waals surface area (Å²) in [6.45, 7) is 4.10. The number of nitrogens with two attached hydrogens (primary N) is 1. The van der Waals surface area contributed by atoms with Crippen LogP contribution in [0.1, 0.15) is 21.5 Å². The highest BCUT2D eigenvalue weighted by Gasteiger charge is 2.14. The van der Waals surface area contributed by atoms with Crippen molar-refractivity contribution in [2.24, 2.45) is 5.73 Å². The third-order valence-corrected chi connectivity index (χ3v) is 6.56. The summed E-state index contributed by atoms with van der Waals surface area (Å²) in [5, 5.41) is 17.0. The van der Waals surface area contributed by atoms with Gasteiger partial charge < -0.3 is 16.4 Å². The average molecular weight is 420 g/mol. The van der Waals surface area contributed by atoms with Gasteiger partial charge in [-0.2, -0.15) is 0 Å². The molecule has 0 saturated carbocycles. The van der Waals surface area contributed by atoms with Crippen LogP contribution in [0, 0.1) is 13.8 Å². The maximum absolute atomic E-state index is 12.1. The smallest absolute Gasteiger partial charge is 0.251 e. The summed E-state index contributed by atoms with van der Waals surface area (Å²) in [5.74, 6) is -0.636. The van der Waals surface area contributed by atoms with Gasteiger partial charge in [0.05, 0.1) is 11.3 Å². The van der Waals surface area contributed by atoms with Crippen molar-refractivity contribution in [3.8, 4) is 0 Å². The molecule has 3 rings (SSSR count). The fraction of sp³-hybridized carbons (Fsp3) is 0.176. The zero-order valence-corrected chi connectivity index (χ0v) is 17.1. The molecule has 0 aliphatic rings. The lowest BCUT2D eigenvalue weighted by molar-refractivity contribution is -0.113. The van der Waals surface area contributed by atoms with E-state index in [0.29, 0.717) is 20.0 Å². The first-order valence-electron chi connectivity index (χ1n) is 7.90. The molecule has 2 amide bonds. The minimum absolute atomic E-state index is 0.161. The van der Waals surface area contributed by atoms with E-state index in [4.69, 9.17) is 5.73 Å². The topological polar surface area (TPSA) is 110 Å². The molecule has 2 aromatic heterocycles. The fourth-order valence-electron chi connectivity index (χ4n) is 2.21. The number of primary amides is 1.